The zero-order valence-electron chi connectivity index (χ0n) is 19.6. The Hall–Kier alpha value is -3.92. The second-order valence-electron chi connectivity index (χ2n) is 7.92. The van der Waals surface area contributed by atoms with Crippen LogP contribution < -0.4 is 0 Å². The molecule has 0 N–H and O–H groups in total. The third kappa shape index (κ3) is 7.62. The van der Waals surface area contributed by atoms with E-state index in [0.717, 1.165) is 21.7 Å². The first-order chi connectivity index (χ1) is 15.6. The van der Waals surface area contributed by atoms with Crippen LogP contribution in [0.5, 0.6) is 0 Å². The summed E-state index contributed by atoms with van der Waals surface area (Å²) >= 11 is 0. The summed E-state index contributed by atoms with van der Waals surface area (Å²) in [5.74, 6) is 0.390. The molecule has 0 amide bonds. The van der Waals surface area contributed by atoms with Gasteiger partial charge in [0.1, 0.15) is 5.78 Å². The van der Waals surface area contributed by atoms with Crippen molar-refractivity contribution in [2.45, 2.75) is 34.6 Å². The average molecular weight is 441 g/mol. The number of carbonyl (C=O) groups excluding carboxylic acids is 4. The lowest BCUT2D eigenvalue weighted by Gasteiger charge is -2.02. The molecule has 0 bridgehead atoms. The van der Waals surface area contributed by atoms with Gasteiger partial charge in [-0.3, -0.25) is 14.4 Å². The van der Waals surface area contributed by atoms with E-state index in [4.69, 9.17) is 0 Å². The fourth-order valence-electron chi connectivity index (χ4n) is 3.09. The maximum absolute atomic E-state index is 11.2. The number of Topliss-reactive ketones (excluding diaryl/α,β-unsaturated/α-hetero) is 4. The van der Waals surface area contributed by atoms with Crippen LogP contribution >= 0.6 is 0 Å². The van der Waals surface area contributed by atoms with Crippen molar-refractivity contribution in [3.63, 3.8) is 0 Å². The smallest absolute Gasteiger partial charge is 0.159 e. The average Bonchev–Trinajstić information content (AvgIpc) is 2.78. The van der Waals surface area contributed by atoms with E-state index in [0.29, 0.717) is 11.1 Å². The molecule has 4 rings (SSSR count). The van der Waals surface area contributed by atoms with Gasteiger partial charge in [0.05, 0.1) is 0 Å². The monoisotopic (exact) mass is 440 g/mol. The van der Waals surface area contributed by atoms with Crippen LogP contribution in [0.1, 0.15) is 65.7 Å². The summed E-state index contributed by atoms with van der Waals surface area (Å²) in [5, 5.41) is 4.26. The fraction of sp³-hybridized carbons (Fsp3) is 0.172. The Morgan fingerprint density at radius 1 is 0.424 bits per heavy atom. The number of ketones is 4. The maximum Gasteiger partial charge on any atom is 0.159 e. The van der Waals surface area contributed by atoms with Gasteiger partial charge in [-0.1, -0.05) is 60.7 Å². The molecule has 0 spiro atoms. The molecule has 0 fully saturated rings. The van der Waals surface area contributed by atoms with Gasteiger partial charge in [0, 0.05) is 16.7 Å². The predicted octanol–water partition coefficient (Wildman–Crippen LogP) is 6.88. The van der Waals surface area contributed by atoms with Crippen LogP contribution in [0.15, 0.2) is 78.9 Å². The van der Waals surface area contributed by atoms with Crippen molar-refractivity contribution in [2.24, 2.45) is 0 Å². The summed E-state index contributed by atoms with van der Waals surface area (Å²) in [5.41, 5.74) is 2.17. The molecule has 0 aliphatic heterocycles. The Balaban J connectivity index is 0.000000204. The van der Waals surface area contributed by atoms with Crippen molar-refractivity contribution in [1.82, 2.24) is 0 Å². The second kappa shape index (κ2) is 11.6. The second-order valence-corrected chi connectivity index (χ2v) is 7.92. The van der Waals surface area contributed by atoms with E-state index >= 15 is 0 Å². The minimum Gasteiger partial charge on any atom is -0.300 e. The van der Waals surface area contributed by atoms with Gasteiger partial charge in [-0.05, 0) is 74.4 Å². The highest BCUT2D eigenvalue weighted by Crippen LogP contribution is 2.19. The summed E-state index contributed by atoms with van der Waals surface area (Å²) in [6.45, 7) is 7.74. The molecule has 0 atom stereocenters. The van der Waals surface area contributed by atoms with E-state index in [1.54, 1.807) is 32.9 Å². The lowest BCUT2D eigenvalue weighted by atomic mass is 10.0. The minimum atomic E-state index is 0.0533. The van der Waals surface area contributed by atoms with Crippen LogP contribution in [0.25, 0.3) is 21.5 Å². The standard InChI is InChI=1S/C14H12O2.C12H10O.C3H6O/c1-9(15)11-3-5-14-8-12(10(2)16)4-6-13(14)7-11;1-9(13)11-7-6-10-4-2-3-5-12(10)8-11;1-3(2)4/h3-8H,1-2H3;2-8H,1H3;1-2H3. The lowest BCUT2D eigenvalue weighted by Crippen LogP contribution is -1.93. The van der Waals surface area contributed by atoms with E-state index in [2.05, 4.69) is 0 Å². The number of fused-ring (bicyclic) bond motifs is 2. The molecule has 0 radical (unpaired) electrons. The molecule has 4 aromatic rings. The summed E-state index contributed by atoms with van der Waals surface area (Å²) < 4.78 is 0. The molecule has 0 aliphatic rings. The summed E-state index contributed by atoms with van der Waals surface area (Å²) in [4.78, 5) is 43.0. The molecular formula is C29H28O4. The Kier molecular flexibility index (Phi) is 8.93. The van der Waals surface area contributed by atoms with Gasteiger partial charge in [-0.25, -0.2) is 0 Å². The van der Waals surface area contributed by atoms with Crippen LogP contribution in [0.2, 0.25) is 0 Å². The first kappa shape index (κ1) is 25.3. The first-order valence-corrected chi connectivity index (χ1v) is 10.6. The topological polar surface area (TPSA) is 68.3 Å². The fourth-order valence-corrected chi connectivity index (χ4v) is 3.09. The van der Waals surface area contributed by atoms with Crippen LogP contribution in [-0.4, -0.2) is 23.1 Å². The summed E-state index contributed by atoms with van der Waals surface area (Å²) in [6.07, 6.45) is 0. The van der Waals surface area contributed by atoms with Crippen LogP contribution in [0.4, 0.5) is 0 Å². The lowest BCUT2D eigenvalue weighted by molar-refractivity contribution is -0.115. The van der Waals surface area contributed by atoms with Crippen LogP contribution in [0, 0.1) is 0 Å². The molecule has 0 heterocycles. The Bertz CT molecular complexity index is 1270. The molecular weight excluding hydrogens is 412 g/mol. The van der Waals surface area contributed by atoms with Crippen LogP contribution in [0.3, 0.4) is 0 Å². The van der Waals surface area contributed by atoms with Gasteiger partial charge in [-0.15, -0.1) is 0 Å². The number of rotatable bonds is 3. The Morgan fingerprint density at radius 3 is 1.03 bits per heavy atom. The van der Waals surface area contributed by atoms with Gasteiger partial charge in [-0.2, -0.15) is 0 Å². The highest BCUT2D eigenvalue weighted by atomic mass is 16.1. The molecule has 0 aliphatic carbocycles. The zero-order chi connectivity index (χ0) is 24.5. The molecule has 0 aromatic heterocycles. The number of benzene rings is 4. The molecule has 0 saturated heterocycles. The summed E-state index contributed by atoms with van der Waals surface area (Å²) in [6, 6.07) is 24.8. The quantitative estimate of drug-likeness (QED) is 0.326. The molecule has 0 unspecified atom stereocenters. The summed E-state index contributed by atoms with van der Waals surface area (Å²) in [7, 11) is 0. The van der Waals surface area contributed by atoms with Crippen molar-refractivity contribution in [2.75, 3.05) is 0 Å². The van der Waals surface area contributed by atoms with Gasteiger partial charge >= 0.3 is 0 Å². The number of hydrogen-bond donors (Lipinski definition) is 0. The van der Waals surface area contributed by atoms with Crippen molar-refractivity contribution in [3.05, 3.63) is 95.6 Å². The van der Waals surface area contributed by atoms with Crippen molar-refractivity contribution < 1.29 is 19.2 Å². The molecule has 33 heavy (non-hydrogen) atoms. The molecule has 168 valence electrons. The molecule has 0 saturated carbocycles. The van der Waals surface area contributed by atoms with Crippen molar-refractivity contribution in [1.29, 1.82) is 0 Å². The molecule has 4 nitrogen and oxygen atoms in total. The molecule has 4 aromatic carbocycles. The van der Waals surface area contributed by atoms with E-state index in [9.17, 15) is 19.2 Å². The maximum atomic E-state index is 11.2. The van der Waals surface area contributed by atoms with Gasteiger partial charge in [0.15, 0.2) is 17.3 Å². The third-order valence-electron chi connectivity index (χ3n) is 4.81. The van der Waals surface area contributed by atoms with E-state index in [1.165, 1.54) is 19.2 Å². The van der Waals surface area contributed by atoms with Crippen molar-refractivity contribution in [3.8, 4) is 0 Å². The minimum absolute atomic E-state index is 0.0533. The van der Waals surface area contributed by atoms with Gasteiger partial charge in [0.25, 0.3) is 0 Å². The number of carbonyl (C=O) groups is 4. The predicted molar refractivity (Wildman–Crippen MR) is 134 cm³/mol. The SMILES string of the molecule is CC(=O)c1ccc2cc(C(C)=O)ccc2c1.CC(=O)c1ccc2ccccc2c1.CC(C)=O. The zero-order valence-corrected chi connectivity index (χ0v) is 19.6. The highest BCUT2D eigenvalue weighted by molar-refractivity contribution is 6.02. The van der Waals surface area contributed by atoms with Gasteiger partial charge in [0.2, 0.25) is 0 Å². The molecule has 4 heteroatoms. The largest absolute Gasteiger partial charge is 0.300 e. The van der Waals surface area contributed by atoms with E-state index < -0.39 is 0 Å². The highest BCUT2D eigenvalue weighted by Gasteiger charge is 2.04. The Labute approximate surface area is 194 Å². The van der Waals surface area contributed by atoms with Crippen molar-refractivity contribution >= 4 is 44.7 Å². The van der Waals surface area contributed by atoms with E-state index in [-0.39, 0.29) is 23.1 Å². The van der Waals surface area contributed by atoms with Crippen LogP contribution in [-0.2, 0) is 4.79 Å². The number of hydrogen-bond acceptors (Lipinski definition) is 4. The Morgan fingerprint density at radius 2 is 0.697 bits per heavy atom. The first-order valence-electron chi connectivity index (χ1n) is 10.6. The van der Waals surface area contributed by atoms with E-state index in [1.807, 2.05) is 66.7 Å². The normalized spacial score (nSPS) is 9.85. The van der Waals surface area contributed by atoms with Gasteiger partial charge < -0.3 is 4.79 Å². The third-order valence-corrected chi connectivity index (χ3v) is 4.81.